The zero-order chi connectivity index (χ0) is 19.9. The van der Waals surface area contributed by atoms with Crippen molar-refractivity contribution >= 4 is 46.8 Å². The van der Waals surface area contributed by atoms with Crippen LogP contribution in [0.2, 0.25) is 0 Å². The number of hydrogen-bond donors (Lipinski definition) is 1. The van der Waals surface area contributed by atoms with Crippen LogP contribution in [0.3, 0.4) is 0 Å². The lowest BCUT2D eigenvalue weighted by molar-refractivity contribution is -0.111. The number of fused-ring (bicyclic) bond motifs is 2. The van der Waals surface area contributed by atoms with E-state index in [1.165, 1.54) is 18.7 Å². The van der Waals surface area contributed by atoms with Gasteiger partial charge in [0.2, 0.25) is 0 Å². The summed E-state index contributed by atoms with van der Waals surface area (Å²) in [7, 11) is 0. The fourth-order valence-electron chi connectivity index (χ4n) is 2.76. The van der Waals surface area contributed by atoms with Crippen molar-refractivity contribution in [2.75, 3.05) is 11.9 Å². The summed E-state index contributed by atoms with van der Waals surface area (Å²) < 4.78 is 5.74. The number of benzene rings is 2. The molecule has 0 fully saturated rings. The highest BCUT2D eigenvalue weighted by molar-refractivity contribution is 6.28. The van der Waals surface area contributed by atoms with Crippen LogP contribution in [0.15, 0.2) is 77.1 Å². The van der Waals surface area contributed by atoms with Crippen molar-refractivity contribution in [2.45, 2.75) is 0 Å². The normalized spacial score (nSPS) is 15.2. The number of hydrogen-bond acceptors (Lipinski definition) is 6. The van der Waals surface area contributed by atoms with Gasteiger partial charge in [0, 0.05) is 23.5 Å². The Morgan fingerprint density at radius 3 is 2.97 bits per heavy atom. The molecule has 0 spiro atoms. The van der Waals surface area contributed by atoms with Crippen LogP contribution in [-0.2, 0) is 4.79 Å². The number of carbonyl (C=O) groups excluding carboxylic acids is 1. The van der Waals surface area contributed by atoms with Crippen LogP contribution in [0.4, 0.5) is 11.5 Å². The lowest BCUT2D eigenvalue weighted by Crippen LogP contribution is -1.99. The lowest BCUT2D eigenvalue weighted by Gasteiger charge is -2.12. The first-order chi connectivity index (χ1) is 14.3. The Morgan fingerprint density at radius 2 is 2.00 bits per heavy atom. The molecule has 2 aromatic carbocycles. The second kappa shape index (κ2) is 8.71. The molecule has 0 saturated heterocycles. The Kier molecular flexibility index (Phi) is 5.48. The number of nitrogens with one attached hydrogen (secondary N) is 1. The van der Waals surface area contributed by atoms with E-state index in [4.69, 9.17) is 4.74 Å². The van der Waals surface area contributed by atoms with Crippen molar-refractivity contribution < 1.29 is 9.53 Å². The van der Waals surface area contributed by atoms with Gasteiger partial charge in [0.15, 0.2) is 0 Å². The van der Waals surface area contributed by atoms with Gasteiger partial charge in [-0.25, -0.2) is 15.0 Å². The minimum absolute atomic E-state index is 0.308. The number of carbonyl (C=O) groups is 1. The van der Waals surface area contributed by atoms with Gasteiger partial charge in [-0.05, 0) is 42.0 Å². The predicted octanol–water partition coefficient (Wildman–Crippen LogP) is 3.96. The number of rotatable bonds is 0. The third-order valence-corrected chi connectivity index (χ3v) is 4.11. The van der Waals surface area contributed by atoms with Crippen LogP contribution in [0.5, 0.6) is 5.75 Å². The van der Waals surface area contributed by atoms with E-state index in [0.717, 1.165) is 28.4 Å². The van der Waals surface area contributed by atoms with Crippen molar-refractivity contribution in [3.05, 3.63) is 72.7 Å². The van der Waals surface area contributed by atoms with Gasteiger partial charge >= 0.3 is 0 Å². The minimum Gasteiger partial charge on any atom is -0.489 e. The maximum atomic E-state index is 11.7. The summed E-state index contributed by atoms with van der Waals surface area (Å²) in [6.07, 6.45) is 10.9. The van der Waals surface area contributed by atoms with Crippen LogP contribution in [-0.4, -0.2) is 34.9 Å². The zero-order valence-electron chi connectivity index (χ0n) is 15.4. The SMILES string of the molecule is O=C1C=N/C=C\COc2ccc3ncnc(c3c2)Nc2ccccc2C=CC=N1. The van der Waals surface area contributed by atoms with Crippen LogP contribution < -0.4 is 10.1 Å². The molecule has 29 heavy (non-hydrogen) atoms. The summed E-state index contributed by atoms with van der Waals surface area (Å²) in [4.78, 5) is 28.1. The fraction of sp³-hybridized carbons (Fsp3) is 0.0455. The molecule has 0 radical (unpaired) electrons. The zero-order valence-corrected chi connectivity index (χ0v) is 15.4. The first kappa shape index (κ1) is 18.2. The molecule has 0 saturated carbocycles. The van der Waals surface area contributed by atoms with Crippen molar-refractivity contribution in [3.63, 3.8) is 0 Å². The van der Waals surface area contributed by atoms with Crippen molar-refractivity contribution in [1.29, 1.82) is 0 Å². The summed E-state index contributed by atoms with van der Waals surface area (Å²) in [5.74, 6) is 0.911. The molecule has 1 amide bonds. The monoisotopic (exact) mass is 383 g/mol. The molecule has 3 aromatic rings. The van der Waals surface area contributed by atoms with E-state index in [-0.39, 0.29) is 0 Å². The van der Waals surface area contributed by atoms with Gasteiger partial charge in [-0.2, -0.15) is 0 Å². The third kappa shape index (κ3) is 4.59. The molecule has 0 aliphatic carbocycles. The summed E-state index contributed by atoms with van der Waals surface area (Å²) in [5, 5.41) is 4.21. The Hall–Kier alpha value is -4.13. The smallest absolute Gasteiger partial charge is 0.288 e. The van der Waals surface area contributed by atoms with E-state index in [1.54, 1.807) is 12.2 Å². The first-order valence-corrected chi connectivity index (χ1v) is 8.96. The van der Waals surface area contributed by atoms with Gasteiger partial charge in [-0.15, -0.1) is 0 Å². The van der Waals surface area contributed by atoms with Gasteiger partial charge in [-0.1, -0.05) is 24.3 Å². The highest BCUT2D eigenvalue weighted by atomic mass is 16.5. The second-order valence-corrected chi connectivity index (χ2v) is 6.06. The topological polar surface area (TPSA) is 88.8 Å². The van der Waals surface area contributed by atoms with Gasteiger partial charge in [0.1, 0.15) is 24.5 Å². The number of anilines is 2. The molecule has 2 heterocycles. The third-order valence-electron chi connectivity index (χ3n) is 4.11. The molecule has 142 valence electrons. The predicted molar refractivity (Wildman–Crippen MR) is 115 cm³/mol. The average molecular weight is 383 g/mol. The van der Waals surface area contributed by atoms with E-state index in [0.29, 0.717) is 18.2 Å². The molecule has 1 N–H and O–H groups in total. The average Bonchev–Trinajstić information content (AvgIpc) is 2.74. The van der Waals surface area contributed by atoms with E-state index in [1.807, 2.05) is 48.5 Å². The van der Waals surface area contributed by atoms with Crippen LogP contribution in [0.25, 0.3) is 17.0 Å². The number of allylic oxidation sites excluding steroid dienone is 1. The van der Waals surface area contributed by atoms with Crippen LogP contribution in [0, 0.1) is 0 Å². The molecular formula is C22H17N5O2. The number of ether oxygens (including phenoxy) is 1. The van der Waals surface area contributed by atoms with Gasteiger partial charge in [0.25, 0.3) is 5.91 Å². The minimum atomic E-state index is -0.441. The highest BCUT2D eigenvalue weighted by Crippen LogP contribution is 2.28. The Morgan fingerprint density at radius 1 is 1.07 bits per heavy atom. The first-order valence-electron chi connectivity index (χ1n) is 8.96. The van der Waals surface area contributed by atoms with Crippen molar-refractivity contribution in [3.8, 4) is 5.75 Å². The molecule has 1 aromatic heterocycles. The molecule has 7 nitrogen and oxygen atoms in total. The Bertz CT molecular complexity index is 1160. The lowest BCUT2D eigenvalue weighted by atomic mass is 10.1. The number of aliphatic imine (C=N–C) groups is 2. The van der Waals surface area contributed by atoms with E-state index >= 15 is 0 Å². The molecular weight excluding hydrogens is 366 g/mol. The molecule has 2 bridgehead atoms. The second-order valence-electron chi connectivity index (χ2n) is 6.06. The van der Waals surface area contributed by atoms with Gasteiger partial charge < -0.3 is 10.1 Å². The Balaban J connectivity index is 1.78. The molecule has 1 aliphatic heterocycles. The highest BCUT2D eigenvalue weighted by Gasteiger charge is 2.08. The maximum Gasteiger partial charge on any atom is 0.288 e. The quantitative estimate of drug-likeness (QED) is 0.635. The van der Waals surface area contributed by atoms with Gasteiger partial charge in [-0.3, -0.25) is 9.79 Å². The maximum absolute atomic E-state index is 11.7. The standard InChI is InChI=1S/C22H17N5O2/c28-21-14-23-10-4-12-29-17-8-9-20-18(13-17)22(26-15-25-20)27-19-7-2-1-5-16(19)6-3-11-24-21/h1-11,13-15H,12H2,(H,25,26,27)/b6-3?,10-4-,23-14?,24-11?. The summed E-state index contributed by atoms with van der Waals surface area (Å²) in [5.41, 5.74) is 2.59. The van der Waals surface area contributed by atoms with Gasteiger partial charge in [0.05, 0.1) is 11.7 Å². The van der Waals surface area contributed by atoms with E-state index in [9.17, 15) is 4.79 Å². The number of nitrogens with zero attached hydrogens (tertiary/aromatic N) is 4. The molecule has 0 atom stereocenters. The van der Waals surface area contributed by atoms with Crippen LogP contribution in [0.1, 0.15) is 5.56 Å². The van der Waals surface area contributed by atoms with E-state index in [2.05, 4.69) is 25.3 Å². The molecule has 0 unspecified atom stereocenters. The Labute approximate surface area is 167 Å². The molecule has 7 heteroatoms. The van der Waals surface area contributed by atoms with Crippen molar-refractivity contribution in [2.24, 2.45) is 9.98 Å². The van der Waals surface area contributed by atoms with Crippen LogP contribution >= 0.6 is 0 Å². The summed E-state index contributed by atoms with van der Waals surface area (Å²) in [6, 6.07) is 13.4. The molecule has 4 rings (SSSR count). The van der Waals surface area contributed by atoms with Crippen molar-refractivity contribution in [1.82, 2.24) is 9.97 Å². The number of para-hydroxylation sites is 1. The largest absolute Gasteiger partial charge is 0.489 e. The fourth-order valence-corrected chi connectivity index (χ4v) is 2.76. The number of amides is 1. The van der Waals surface area contributed by atoms with E-state index < -0.39 is 5.91 Å². The summed E-state index contributed by atoms with van der Waals surface area (Å²) in [6.45, 7) is 0.308. The summed E-state index contributed by atoms with van der Waals surface area (Å²) >= 11 is 0. The molecule has 1 aliphatic rings. The number of aromatic nitrogens is 2.